The summed E-state index contributed by atoms with van der Waals surface area (Å²) < 4.78 is 5.43. The monoisotopic (exact) mass is 327 g/mol. The number of aliphatic carboxylic acids is 1. The van der Waals surface area contributed by atoms with Gasteiger partial charge in [0, 0.05) is 6.42 Å². The lowest BCUT2D eigenvalue weighted by molar-refractivity contribution is -0.149. The van der Waals surface area contributed by atoms with Gasteiger partial charge in [-0.3, -0.25) is 14.5 Å². The third-order valence-electron chi connectivity index (χ3n) is 4.46. The average Bonchev–Trinajstić information content (AvgIpc) is 2.98. The van der Waals surface area contributed by atoms with E-state index >= 15 is 0 Å². The summed E-state index contributed by atoms with van der Waals surface area (Å²) in [6.07, 6.45) is 10.5. The summed E-state index contributed by atoms with van der Waals surface area (Å²) in [5.74, 6) is -0.767. The van der Waals surface area contributed by atoms with Crippen LogP contribution in [0.15, 0.2) is 0 Å². The average molecular weight is 327 g/mol. The molecule has 1 rings (SSSR count). The van der Waals surface area contributed by atoms with Crippen molar-refractivity contribution in [2.75, 3.05) is 19.7 Å². The summed E-state index contributed by atoms with van der Waals surface area (Å²) in [7, 11) is 0. The smallest absolute Gasteiger partial charge is 0.323 e. The normalized spacial score (nSPS) is 18.2. The molecule has 0 spiro atoms. The minimum absolute atomic E-state index is 0.0510. The Morgan fingerprint density at radius 3 is 2.57 bits per heavy atom. The molecular weight excluding hydrogens is 294 g/mol. The van der Waals surface area contributed by atoms with Crippen molar-refractivity contribution in [3.8, 4) is 0 Å². The first kappa shape index (κ1) is 19.9. The highest BCUT2D eigenvalue weighted by atomic mass is 16.5. The number of likely N-dealkylation sites (tertiary alicyclic amines) is 1. The lowest BCUT2D eigenvalue weighted by Crippen LogP contribution is -2.38. The molecule has 5 heteroatoms. The number of carboxylic acids is 1. The van der Waals surface area contributed by atoms with Gasteiger partial charge in [-0.05, 0) is 45.2 Å². The van der Waals surface area contributed by atoms with Crippen LogP contribution in [0.4, 0.5) is 0 Å². The van der Waals surface area contributed by atoms with Crippen molar-refractivity contribution >= 4 is 11.9 Å². The van der Waals surface area contributed by atoms with E-state index in [4.69, 9.17) is 9.84 Å². The molecule has 0 aromatic carbocycles. The molecule has 1 N–H and O–H groups in total. The summed E-state index contributed by atoms with van der Waals surface area (Å²) in [5, 5.41) is 8.60. The van der Waals surface area contributed by atoms with Gasteiger partial charge in [0.15, 0.2) is 0 Å². The van der Waals surface area contributed by atoms with E-state index in [9.17, 15) is 9.59 Å². The molecule has 1 heterocycles. The van der Waals surface area contributed by atoms with Crippen molar-refractivity contribution in [2.45, 2.75) is 83.6 Å². The molecule has 0 amide bonds. The van der Waals surface area contributed by atoms with Gasteiger partial charge in [0.1, 0.15) is 6.04 Å². The Kier molecular flexibility index (Phi) is 10.7. The minimum Gasteiger partial charge on any atom is -0.481 e. The fourth-order valence-corrected chi connectivity index (χ4v) is 3.10. The van der Waals surface area contributed by atoms with Crippen molar-refractivity contribution < 1.29 is 19.4 Å². The molecule has 1 fully saturated rings. The van der Waals surface area contributed by atoms with Crippen molar-refractivity contribution in [3.05, 3.63) is 0 Å². The molecule has 0 radical (unpaired) electrons. The predicted octanol–water partition coefficient (Wildman–Crippen LogP) is 3.61. The Hall–Kier alpha value is -1.10. The number of carbonyl (C=O) groups is 2. The number of unbranched alkanes of at least 4 members (excludes halogenated alkanes) is 6. The molecule has 5 nitrogen and oxygen atoms in total. The Bertz CT molecular complexity index is 346. The zero-order valence-corrected chi connectivity index (χ0v) is 14.6. The van der Waals surface area contributed by atoms with E-state index in [-0.39, 0.29) is 18.4 Å². The van der Waals surface area contributed by atoms with Gasteiger partial charge in [0.05, 0.1) is 6.61 Å². The first-order valence-electron chi connectivity index (χ1n) is 9.27. The molecule has 0 aliphatic carbocycles. The number of hydrogen-bond donors (Lipinski definition) is 1. The molecule has 134 valence electrons. The third-order valence-corrected chi connectivity index (χ3v) is 4.46. The SMILES string of the molecule is CCCCCCOC(=O)C1CCCN1CCCCCCC(=O)O. The minimum atomic E-state index is -0.716. The number of ether oxygens (including phenoxy) is 1. The molecule has 23 heavy (non-hydrogen) atoms. The van der Waals surface area contributed by atoms with E-state index in [2.05, 4.69) is 11.8 Å². The van der Waals surface area contributed by atoms with Crippen LogP contribution in [0, 0.1) is 0 Å². The van der Waals surface area contributed by atoms with Crippen LogP contribution in [0.25, 0.3) is 0 Å². The maximum absolute atomic E-state index is 12.2. The highest BCUT2D eigenvalue weighted by molar-refractivity contribution is 5.76. The second kappa shape index (κ2) is 12.3. The lowest BCUT2D eigenvalue weighted by atomic mass is 10.1. The van der Waals surface area contributed by atoms with Crippen LogP contribution in [-0.4, -0.2) is 47.7 Å². The zero-order chi connectivity index (χ0) is 16.9. The van der Waals surface area contributed by atoms with Gasteiger partial charge in [0.25, 0.3) is 0 Å². The fourth-order valence-electron chi connectivity index (χ4n) is 3.10. The molecule has 1 aliphatic rings. The second-order valence-corrected chi connectivity index (χ2v) is 6.48. The van der Waals surface area contributed by atoms with Crippen molar-refractivity contribution in [1.82, 2.24) is 4.90 Å². The van der Waals surface area contributed by atoms with Gasteiger partial charge in [-0.1, -0.05) is 39.0 Å². The van der Waals surface area contributed by atoms with Gasteiger partial charge in [-0.15, -0.1) is 0 Å². The van der Waals surface area contributed by atoms with E-state index in [1.165, 1.54) is 12.8 Å². The quantitative estimate of drug-likeness (QED) is 0.413. The van der Waals surface area contributed by atoms with E-state index in [1.807, 2.05) is 0 Å². The predicted molar refractivity (Wildman–Crippen MR) is 90.4 cm³/mol. The van der Waals surface area contributed by atoms with Gasteiger partial charge >= 0.3 is 11.9 Å². The first-order valence-corrected chi connectivity index (χ1v) is 9.27. The molecule has 1 aliphatic heterocycles. The zero-order valence-electron chi connectivity index (χ0n) is 14.6. The van der Waals surface area contributed by atoms with Crippen LogP contribution in [0.2, 0.25) is 0 Å². The number of hydrogen-bond acceptors (Lipinski definition) is 4. The van der Waals surface area contributed by atoms with Gasteiger partial charge in [0.2, 0.25) is 0 Å². The van der Waals surface area contributed by atoms with Gasteiger partial charge in [-0.2, -0.15) is 0 Å². The summed E-state index contributed by atoms with van der Waals surface area (Å²) in [6, 6.07) is -0.0554. The molecule has 0 aromatic heterocycles. The fraction of sp³-hybridized carbons (Fsp3) is 0.889. The summed E-state index contributed by atoms with van der Waals surface area (Å²) in [4.78, 5) is 24.9. The largest absolute Gasteiger partial charge is 0.481 e. The van der Waals surface area contributed by atoms with Crippen molar-refractivity contribution in [1.29, 1.82) is 0 Å². The van der Waals surface area contributed by atoms with Crippen LogP contribution in [0.3, 0.4) is 0 Å². The summed E-state index contributed by atoms with van der Waals surface area (Å²) >= 11 is 0. The van der Waals surface area contributed by atoms with Crippen LogP contribution < -0.4 is 0 Å². The molecule has 1 atom stereocenters. The number of carbonyl (C=O) groups excluding carboxylic acids is 1. The second-order valence-electron chi connectivity index (χ2n) is 6.48. The van der Waals surface area contributed by atoms with Gasteiger partial charge in [-0.25, -0.2) is 0 Å². The maximum atomic E-state index is 12.2. The number of rotatable bonds is 13. The standard InChI is InChI=1S/C18H33NO4/c1-2-3-4-9-15-23-18(22)16-11-10-14-19(16)13-8-6-5-7-12-17(20)21/h16H,2-15H2,1H3,(H,20,21). The topological polar surface area (TPSA) is 66.8 Å². The Balaban J connectivity index is 2.12. The molecule has 0 bridgehead atoms. The molecule has 1 unspecified atom stereocenters. The molecule has 0 saturated carbocycles. The molecular formula is C18H33NO4. The Morgan fingerprint density at radius 1 is 1.09 bits per heavy atom. The maximum Gasteiger partial charge on any atom is 0.323 e. The Labute approximate surface area is 140 Å². The van der Waals surface area contributed by atoms with Crippen LogP contribution >= 0.6 is 0 Å². The number of carboxylic acid groups (broad SMARTS) is 1. The highest BCUT2D eigenvalue weighted by Gasteiger charge is 2.31. The van der Waals surface area contributed by atoms with Gasteiger partial charge < -0.3 is 9.84 Å². The lowest BCUT2D eigenvalue weighted by Gasteiger charge is -2.22. The molecule has 0 aromatic rings. The van der Waals surface area contributed by atoms with E-state index in [0.29, 0.717) is 6.61 Å². The number of esters is 1. The van der Waals surface area contributed by atoms with Crippen LogP contribution in [-0.2, 0) is 14.3 Å². The van der Waals surface area contributed by atoms with E-state index in [1.54, 1.807) is 0 Å². The third kappa shape index (κ3) is 8.94. The highest BCUT2D eigenvalue weighted by Crippen LogP contribution is 2.19. The molecule has 1 saturated heterocycles. The Morgan fingerprint density at radius 2 is 1.83 bits per heavy atom. The first-order chi connectivity index (χ1) is 11.1. The van der Waals surface area contributed by atoms with Crippen LogP contribution in [0.1, 0.15) is 77.6 Å². The summed E-state index contributed by atoms with van der Waals surface area (Å²) in [6.45, 7) is 4.62. The van der Waals surface area contributed by atoms with Crippen molar-refractivity contribution in [2.24, 2.45) is 0 Å². The van der Waals surface area contributed by atoms with E-state index < -0.39 is 5.97 Å². The van der Waals surface area contributed by atoms with E-state index in [0.717, 1.165) is 64.5 Å². The van der Waals surface area contributed by atoms with Crippen LogP contribution in [0.5, 0.6) is 0 Å². The number of nitrogens with zero attached hydrogens (tertiary/aromatic N) is 1. The van der Waals surface area contributed by atoms with Crippen molar-refractivity contribution in [3.63, 3.8) is 0 Å². The summed E-state index contributed by atoms with van der Waals surface area (Å²) in [5.41, 5.74) is 0.